The molecule has 7 nitrogen and oxygen atoms in total. The summed E-state index contributed by atoms with van der Waals surface area (Å²) in [5.74, 6) is 0.883. The third-order valence-corrected chi connectivity index (χ3v) is 3.88. The molecule has 0 fully saturated rings. The summed E-state index contributed by atoms with van der Waals surface area (Å²) in [4.78, 5) is 12.6. The van der Waals surface area contributed by atoms with Crippen LogP contribution in [0.25, 0.3) is 0 Å². The average molecular weight is 383 g/mol. The van der Waals surface area contributed by atoms with Gasteiger partial charge in [-0.1, -0.05) is 32.4 Å². The van der Waals surface area contributed by atoms with Crippen molar-refractivity contribution in [3.63, 3.8) is 0 Å². The highest BCUT2D eigenvalue weighted by atomic mass is 35.5. The molecule has 1 heterocycles. The van der Waals surface area contributed by atoms with Crippen LogP contribution >= 0.6 is 23.8 Å². The van der Waals surface area contributed by atoms with Crippen molar-refractivity contribution in [2.45, 2.75) is 26.2 Å². The lowest BCUT2D eigenvalue weighted by Gasteiger charge is -2.16. The molecule has 2 aromatic rings. The monoisotopic (exact) mass is 382 g/mol. The third-order valence-electron chi connectivity index (χ3n) is 3.34. The zero-order valence-electron chi connectivity index (χ0n) is 14.6. The Morgan fingerprint density at radius 2 is 2.00 bits per heavy atom. The van der Waals surface area contributed by atoms with Crippen LogP contribution in [0.4, 0.5) is 0 Å². The predicted molar refractivity (Wildman–Crippen MR) is 99.9 cm³/mol. The van der Waals surface area contributed by atoms with Gasteiger partial charge in [0.05, 0.1) is 25.5 Å². The standard InChI is InChI=1S/C16H19ClN4O3S/c1-16(2,3)13-14(22)21(15(25)20-19-13)18-8-9-6-10(17)12(24-5)11(7-9)23-4/h6-8H,1-5H3,(H,20,25)/b18-8-. The molecule has 0 aliphatic rings. The van der Waals surface area contributed by atoms with Gasteiger partial charge in [0.25, 0.3) is 5.56 Å². The van der Waals surface area contributed by atoms with Crippen LogP contribution in [0.15, 0.2) is 22.0 Å². The second-order valence-electron chi connectivity index (χ2n) is 6.23. The van der Waals surface area contributed by atoms with Gasteiger partial charge in [0, 0.05) is 5.41 Å². The largest absolute Gasteiger partial charge is 0.493 e. The minimum absolute atomic E-state index is 0.0980. The first-order valence-corrected chi connectivity index (χ1v) is 8.15. The topological polar surface area (TPSA) is 81.5 Å². The quantitative estimate of drug-likeness (QED) is 0.648. The Labute approximate surface area is 155 Å². The lowest BCUT2D eigenvalue weighted by atomic mass is 9.93. The Kier molecular flexibility index (Phi) is 5.64. The van der Waals surface area contributed by atoms with E-state index < -0.39 is 5.41 Å². The van der Waals surface area contributed by atoms with E-state index in [-0.39, 0.29) is 10.3 Å². The highest BCUT2D eigenvalue weighted by Gasteiger charge is 2.21. The normalized spacial score (nSPS) is 11.8. The number of nitrogens with zero attached hydrogens (tertiary/aromatic N) is 3. The first-order chi connectivity index (χ1) is 11.7. The lowest BCUT2D eigenvalue weighted by Crippen LogP contribution is -2.32. The fraction of sp³-hybridized carbons (Fsp3) is 0.375. The summed E-state index contributed by atoms with van der Waals surface area (Å²) in [5.41, 5.74) is 0.140. The van der Waals surface area contributed by atoms with E-state index in [0.29, 0.717) is 27.8 Å². The maximum Gasteiger partial charge on any atom is 0.297 e. The van der Waals surface area contributed by atoms with E-state index in [0.717, 1.165) is 4.68 Å². The third kappa shape index (κ3) is 4.08. The number of H-pyrrole nitrogens is 1. The lowest BCUT2D eigenvalue weighted by molar-refractivity contribution is 0.355. The van der Waals surface area contributed by atoms with Gasteiger partial charge in [-0.2, -0.15) is 14.9 Å². The van der Waals surface area contributed by atoms with E-state index in [1.165, 1.54) is 20.4 Å². The number of benzene rings is 1. The fourth-order valence-corrected chi connectivity index (χ4v) is 2.59. The van der Waals surface area contributed by atoms with Gasteiger partial charge < -0.3 is 9.47 Å². The van der Waals surface area contributed by atoms with Crippen molar-refractivity contribution >= 4 is 30.0 Å². The molecule has 0 saturated heterocycles. The van der Waals surface area contributed by atoms with Gasteiger partial charge in [0.2, 0.25) is 4.77 Å². The molecule has 0 saturated carbocycles. The van der Waals surface area contributed by atoms with Gasteiger partial charge in [-0.3, -0.25) is 9.89 Å². The second-order valence-corrected chi connectivity index (χ2v) is 7.02. The SMILES string of the molecule is COc1cc(/C=N\n2c(=S)[nH]nc(C(C)(C)C)c2=O)cc(Cl)c1OC. The van der Waals surface area contributed by atoms with Crippen LogP contribution in [-0.2, 0) is 5.41 Å². The van der Waals surface area contributed by atoms with Crippen LogP contribution in [0.5, 0.6) is 11.5 Å². The zero-order chi connectivity index (χ0) is 18.8. The number of halogens is 1. The highest BCUT2D eigenvalue weighted by Crippen LogP contribution is 2.35. The number of methoxy groups -OCH3 is 2. The molecule has 9 heteroatoms. The molecule has 0 bridgehead atoms. The van der Waals surface area contributed by atoms with Crippen LogP contribution in [-0.4, -0.2) is 35.3 Å². The smallest absolute Gasteiger partial charge is 0.297 e. The molecule has 0 aliphatic carbocycles. The van der Waals surface area contributed by atoms with E-state index >= 15 is 0 Å². The van der Waals surface area contributed by atoms with Gasteiger partial charge in [-0.15, -0.1) is 0 Å². The molecule has 0 amide bonds. The first-order valence-electron chi connectivity index (χ1n) is 7.37. The van der Waals surface area contributed by atoms with Crippen molar-refractivity contribution in [3.05, 3.63) is 43.5 Å². The summed E-state index contributed by atoms with van der Waals surface area (Å²) in [6.45, 7) is 5.65. The minimum Gasteiger partial charge on any atom is -0.493 e. The van der Waals surface area contributed by atoms with Crippen molar-refractivity contribution in [2.75, 3.05) is 14.2 Å². The van der Waals surface area contributed by atoms with Crippen molar-refractivity contribution < 1.29 is 9.47 Å². The summed E-state index contributed by atoms with van der Waals surface area (Å²) in [7, 11) is 3.01. The summed E-state index contributed by atoms with van der Waals surface area (Å²) in [5, 5.41) is 11.2. The fourth-order valence-electron chi connectivity index (χ4n) is 2.12. The maximum atomic E-state index is 12.6. The second kappa shape index (κ2) is 7.37. The predicted octanol–water partition coefficient (Wildman–Crippen LogP) is 3.15. The Morgan fingerprint density at radius 3 is 2.56 bits per heavy atom. The van der Waals surface area contributed by atoms with Crippen LogP contribution in [0.1, 0.15) is 32.0 Å². The highest BCUT2D eigenvalue weighted by molar-refractivity contribution is 7.71. The van der Waals surface area contributed by atoms with Gasteiger partial charge in [-0.25, -0.2) is 0 Å². The number of nitrogens with one attached hydrogen (secondary N) is 1. The molecule has 1 aromatic heterocycles. The molecule has 0 spiro atoms. The van der Waals surface area contributed by atoms with Gasteiger partial charge in [0.15, 0.2) is 11.5 Å². The van der Waals surface area contributed by atoms with E-state index in [2.05, 4.69) is 15.3 Å². The average Bonchev–Trinajstić information content (AvgIpc) is 2.52. The summed E-state index contributed by atoms with van der Waals surface area (Å²) >= 11 is 11.3. The van der Waals surface area contributed by atoms with Crippen LogP contribution in [0, 0.1) is 4.77 Å². The molecule has 0 aliphatic heterocycles. The number of hydrogen-bond donors (Lipinski definition) is 1. The number of ether oxygens (including phenoxy) is 2. The van der Waals surface area contributed by atoms with E-state index in [4.69, 9.17) is 33.3 Å². The van der Waals surface area contributed by atoms with Gasteiger partial charge in [-0.05, 0) is 29.9 Å². The van der Waals surface area contributed by atoms with Crippen molar-refractivity contribution in [1.29, 1.82) is 0 Å². The molecule has 1 aromatic carbocycles. The molecule has 0 atom stereocenters. The number of aromatic nitrogens is 3. The van der Waals surface area contributed by atoms with Crippen LogP contribution in [0.3, 0.4) is 0 Å². The maximum absolute atomic E-state index is 12.6. The molecule has 1 N–H and O–H groups in total. The molecular formula is C16H19ClN4O3S. The van der Waals surface area contributed by atoms with Gasteiger partial charge in [0.1, 0.15) is 5.69 Å². The van der Waals surface area contributed by atoms with Gasteiger partial charge >= 0.3 is 0 Å². The Morgan fingerprint density at radius 1 is 1.32 bits per heavy atom. The summed E-state index contributed by atoms with van der Waals surface area (Å²) in [6, 6.07) is 3.34. The Bertz CT molecular complexity index is 928. The van der Waals surface area contributed by atoms with Crippen LogP contribution < -0.4 is 15.0 Å². The van der Waals surface area contributed by atoms with E-state index in [1.54, 1.807) is 12.1 Å². The Balaban J connectivity index is 2.52. The molecule has 2 rings (SSSR count). The minimum atomic E-state index is -0.444. The first kappa shape index (κ1) is 19.1. The Hall–Kier alpha value is -2.19. The molecule has 134 valence electrons. The molecule has 0 unspecified atom stereocenters. The van der Waals surface area contributed by atoms with Crippen LogP contribution in [0.2, 0.25) is 5.02 Å². The van der Waals surface area contributed by atoms with Crippen molar-refractivity contribution in [1.82, 2.24) is 14.9 Å². The number of rotatable bonds is 4. The number of aromatic amines is 1. The van der Waals surface area contributed by atoms with E-state index in [1.807, 2.05) is 20.8 Å². The summed E-state index contributed by atoms with van der Waals surface area (Å²) < 4.78 is 11.6. The zero-order valence-corrected chi connectivity index (χ0v) is 16.2. The molecule has 0 radical (unpaired) electrons. The number of hydrogen-bond acceptors (Lipinski definition) is 6. The van der Waals surface area contributed by atoms with E-state index in [9.17, 15) is 4.79 Å². The molecule has 25 heavy (non-hydrogen) atoms. The summed E-state index contributed by atoms with van der Waals surface area (Å²) in [6.07, 6.45) is 1.46. The molecular weight excluding hydrogens is 364 g/mol. The van der Waals surface area contributed by atoms with Crippen molar-refractivity contribution in [3.8, 4) is 11.5 Å². The van der Waals surface area contributed by atoms with Crippen molar-refractivity contribution in [2.24, 2.45) is 5.10 Å².